The van der Waals surface area contributed by atoms with Crippen LogP contribution in [-0.2, 0) is 20.2 Å². The van der Waals surface area contributed by atoms with Crippen LogP contribution in [0.1, 0.15) is 37.9 Å². The highest BCUT2D eigenvalue weighted by atomic mass is 31.2. The van der Waals surface area contributed by atoms with E-state index in [-0.39, 0.29) is 25.1 Å². The fourth-order valence-electron chi connectivity index (χ4n) is 3.48. The zero-order chi connectivity index (χ0) is 21.0. The van der Waals surface area contributed by atoms with Crippen molar-refractivity contribution in [3.8, 4) is 0 Å². The summed E-state index contributed by atoms with van der Waals surface area (Å²) < 4.78 is 32.3. The molecule has 11 heteroatoms. The van der Waals surface area contributed by atoms with Gasteiger partial charge in [0.15, 0.2) is 0 Å². The Balaban J connectivity index is 1.95. The SMILES string of the molecule is COP(=O)(/N=C1/CC(CCCO)=CC(C2CC2)N1Cc1ccc([N+](=O)[O-])o1)OC. The normalized spacial score (nSPS) is 21.5. The third-order valence-electron chi connectivity index (χ3n) is 5.10. The van der Waals surface area contributed by atoms with E-state index in [0.717, 1.165) is 18.4 Å². The number of furan rings is 1. The maximum absolute atomic E-state index is 12.7. The van der Waals surface area contributed by atoms with Gasteiger partial charge in [-0.3, -0.25) is 19.2 Å². The van der Waals surface area contributed by atoms with Crippen molar-refractivity contribution in [1.82, 2.24) is 4.90 Å². The van der Waals surface area contributed by atoms with Gasteiger partial charge in [0.1, 0.15) is 16.5 Å². The first kappa shape index (κ1) is 21.7. The molecule has 0 radical (unpaired) electrons. The summed E-state index contributed by atoms with van der Waals surface area (Å²) >= 11 is 0. The summed E-state index contributed by atoms with van der Waals surface area (Å²) in [4.78, 5) is 12.3. The summed E-state index contributed by atoms with van der Waals surface area (Å²) in [6.07, 6.45) is 6.07. The van der Waals surface area contributed by atoms with Crippen LogP contribution in [0.3, 0.4) is 0 Å². The number of amidine groups is 1. The van der Waals surface area contributed by atoms with E-state index in [0.29, 0.717) is 36.8 Å². The van der Waals surface area contributed by atoms with E-state index < -0.39 is 12.7 Å². The largest absolute Gasteiger partial charge is 0.454 e. The fraction of sp³-hybridized carbons (Fsp3) is 0.611. The van der Waals surface area contributed by atoms with Gasteiger partial charge in [-0.05, 0) is 37.7 Å². The molecule has 1 fully saturated rings. The second-order valence-electron chi connectivity index (χ2n) is 7.13. The van der Waals surface area contributed by atoms with E-state index in [4.69, 9.17) is 13.5 Å². The van der Waals surface area contributed by atoms with Gasteiger partial charge in [-0.15, -0.1) is 0 Å². The number of aliphatic hydroxyl groups is 1. The van der Waals surface area contributed by atoms with Crippen LogP contribution in [0, 0.1) is 16.0 Å². The van der Waals surface area contributed by atoms with Crippen molar-refractivity contribution in [1.29, 1.82) is 0 Å². The molecule has 0 aromatic carbocycles. The minimum atomic E-state index is -3.66. The van der Waals surface area contributed by atoms with E-state index in [1.165, 1.54) is 20.3 Å². The van der Waals surface area contributed by atoms with Crippen LogP contribution in [0.2, 0.25) is 0 Å². The molecule has 3 rings (SSSR count). The topological polar surface area (TPSA) is 128 Å². The minimum absolute atomic E-state index is 0.00233. The first-order chi connectivity index (χ1) is 13.9. The maximum Gasteiger partial charge on any atom is 0.454 e. The van der Waals surface area contributed by atoms with Crippen molar-refractivity contribution in [3.63, 3.8) is 0 Å². The van der Waals surface area contributed by atoms with Crippen molar-refractivity contribution in [2.45, 2.75) is 44.7 Å². The van der Waals surface area contributed by atoms with Crippen LogP contribution in [0.5, 0.6) is 0 Å². The molecule has 1 aliphatic carbocycles. The molecule has 160 valence electrons. The Labute approximate surface area is 168 Å². The molecule has 1 saturated carbocycles. The number of aliphatic hydroxyl groups excluding tert-OH is 1. The van der Waals surface area contributed by atoms with Crippen LogP contribution in [0.4, 0.5) is 5.88 Å². The van der Waals surface area contributed by atoms with Crippen molar-refractivity contribution < 1.29 is 28.1 Å². The van der Waals surface area contributed by atoms with Gasteiger partial charge in [-0.1, -0.05) is 11.6 Å². The molecule has 2 heterocycles. The fourth-order valence-corrected chi connectivity index (χ4v) is 4.26. The molecule has 29 heavy (non-hydrogen) atoms. The molecule has 0 bridgehead atoms. The van der Waals surface area contributed by atoms with Gasteiger partial charge < -0.3 is 14.4 Å². The molecule has 1 aromatic rings. The van der Waals surface area contributed by atoms with Crippen LogP contribution < -0.4 is 0 Å². The molecule has 0 saturated heterocycles. The predicted octanol–water partition coefficient (Wildman–Crippen LogP) is 3.67. The standard InChI is InChI=1S/C18H26N3O7P/c1-26-29(25,27-2)19-17-11-13(4-3-9-22)10-16(14-5-6-14)20(17)12-15-7-8-18(28-15)21(23)24/h7-8,10,14,16,22H,3-6,9,11-12H2,1-2H3/b19-17-. The summed E-state index contributed by atoms with van der Waals surface area (Å²) in [7, 11) is -1.11. The Morgan fingerprint density at radius 3 is 2.66 bits per heavy atom. The lowest BCUT2D eigenvalue weighted by Crippen LogP contribution is -2.43. The van der Waals surface area contributed by atoms with Gasteiger partial charge in [-0.25, -0.2) is 4.57 Å². The Morgan fingerprint density at radius 1 is 1.38 bits per heavy atom. The van der Waals surface area contributed by atoms with Gasteiger partial charge in [0.05, 0.1) is 18.7 Å². The summed E-state index contributed by atoms with van der Waals surface area (Å²) in [5, 5.41) is 20.1. The maximum atomic E-state index is 12.7. The highest BCUT2D eigenvalue weighted by Crippen LogP contribution is 2.50. The number of nitro groups is 1. The zero-order valence-corrected chi connectivity index (χ0v) is 17.4. The molecular formula is C18H26N3O7P. The predicted molar refractivity (Wildman–Crippen MR) is 105 cm³/mol. The third kappa shape index (κ3) is 5.33. The Morgan fingerprint density at radius 2 is 2.10 bits per heavy atom. The number of hydrogen-bond donors (Lipinski definition) is 1. The quantitative estimate of drug-likeness (QED) is 0.259. The number of nitrogens with zero attached hydrogens (tertiary/aromatic N) is 3. The molecule has 1 unspecified atom stereocenters. The molecule has 0 spiro atoms. The highest BCUT2D eigenvalue weighted by molar-refractivity contribution is 7.52. The van der Waals surface area contributed by atoms with E-state index in [2.05, 4.69) is 10.8 Å². The average molecular weight is 427 g/mol. The minimum Gasteiger partial charge on any atom is -0.404 e. The molecule has 1 aliphatic heterocycles. The van der Waals surface area contributed by atoms with Crippen molar-refractivity contribution >= 4 is 19.5 Å². The van der Waals surface area contributed by atoms with Crippen LogP contribution in [0.25, 0.3) is 0 Å². The summed E-state index contributed by atoms with van der Waals surface area (Å²) in [6, 6.07) is 2.89. The first-order valence-electron chi connectivity index (χ1n) is 9.50. The number of rotatable bonds is 10. The van der Waals surface area contributed by atoms with E-state index in [9.17, 15) is 19.8 Å². The lowest BCUT2D eigenvalue weighted by Gasteiger charge is -2.37. The van der Waals surface area contributed by atoms with Crippen molar-refractivity contribution in [3.05, 3.63) is 39.7 Å². The Kier molecular flexibility index (Phi) is 6.89. The van der Waals surface area contributed by atoms with Gasteiger partial charge in [0, 0.05) is 27.2 Å². The zero-order valence-electron chi connectivity index (χ0n) is 16.5. The molecule has 1 atom stereocenters. The second kappa shape index (κ2) is 9.21. The highest BCUT2D eigenvalue weighted by Gasteiger charge is 2.39. The lowest BCUT2D eigenvalue weighted by atomic mass is 9.95. The Bertz CT molecular complexity index is 838. The lowest BCUT2D eigenvalue weighted by molar-refractivity contribution is -0.402. The van der Waals surface area contributed by atoms with Gasteiger partial charge >= 0.3 is 13.6 Å². The number of hydrogen-bond acceptors (Lipinski definition) is 7. The smallest absolute Gasteiger partial charge is 0.404 e. The van der Waals surface area contributed by atoms with E-state index in [1.54, 1.807) is 6.07 Å². The van der Waals surface area contributed by atoms with E-state index >= 15 is 0 Å². The van der Waals surface area contributed by atoms with E-state index in [1.807, 2.05) is 4.90 Å². The van der Waals surface area contributed by atoms with Gasteiger partial charge in [0.25, 0.3) is 0 Å². The van der Waals surface area contributed by atoms with Gasteiger partial charge in [0.2, 0.25) is 0 Å². The summed E-state index contributed by atoms with van der Waals surface area (Å²) in [5.41, 5.74) is 1.11. The second-order valence-corrected chi connectivity index (χ2v) is 9.00. The molecule has 1 aromatic heterocycles. The Hall–Kier alpha value is -2.00. The first-order valence-corrected chi connectivity index (χ1v) is 11.0. The third-order valence-corrected chi connectivity index (χ3v) is 6.50. The van der Waals surface area contributed by atoms with Crippen LogP contribution in [-0.4, -0.2) is 47.6 Å². The molecule has 2 aliphatic rings. The molecule has 1 N–H and O–H groups in total. The van der Waals surface area contributed by atoms with Crippen molar-refractivity contribution in [2.75, 3.05) is 20.8 Å². The monoisotopic (exact) mass is 427 g/mol. The van der Waals surface area contributed by atoms with Gasteiger partial charge in [-0.2, -0.15) is 4.76 Å². The molecular weight excluding hydrogens is 401 g/mol. The van der Waals surface area contributed by atoms with Crippen LogP contribution >= 0.6 is 7.75 Å². The summed E-state index contributed by atoms with van der Waals surface area (Å²) in [6.45, 7) is 0.345. The molecule has 0 amide bonds. The van der Waals surface area contributed by atoms with Crippen LogP contribution in [0.15, 0.2) is 33.0 Å². The molecule has 10 nitrogen and oxygen atoms in total. The summed E-state index contributed by atoms with van der Waals surface area (Å²) in [5.74, 6) is 1.05. The van der Waals surface area contributed by atoms with Crippen molar-refractivity contribution in [2.24, 2.45) is 10.7 Å². The average Bonchev–Trinajstić information content (AvgIpc) is 3.45.